The topological polar surface area (TPSA) is 127 Å². The minimum atomic E-state index is -0.830. The summed E-state index contributed by atoms with van der Waals surface area (Å²) in [4.78, 5) is 24.9. The molecule has 2 aliphatic heterocycles. The number of ether oxygens (including phenoxy) is 4. The fourth-order valence-electron chi connectivity index (χ4n) is 4.31. The average molecular weight is 501 g/mol. The third-order valence-electron chi connectivity index (χ3n) is 6.19. The molecule has 2 atom stereocenters. The van der Waals surface area contributed by atoms with Crippen molar-refractivity contribution < 1.29 is 33.6 Å². The van der Waals surface area contributed by atoms with Gasteiger partial charge < -0.3 is 29.4 Å². The molecule has 2 aliphatic rings. The molecule has 0 radical (unpaired) electrons. The van der Waals surface area contributed by atoms with Crippen molar-refractivity contribution in [2.24, 2.45) is 0 Å². The van der Waals surface area contributed by atoms with Gasteiger partial charge in [0.1, 0.15) is 11.4 Å². The number of phenols is 1. The number of carbonyl (C=O) groups excluding carboxylic acids is 2. The molecule has 0 bridgehead atoms. The summed E-state index contributed by atoms with van der Waals surface area (Å²) >= 11 is 1.22. The van der Waals surface area contributed by atoms with E-state index in [4.69, 9.17) is 24.4 Å². The first kappa shape index (κ1) is 24.7. The number of Topliss-reactive ketones (excluding diaryl/α,β-unsaturated/α-hetero) is 1. The van der Waals surface area contributed by atoms with Gasteiger partial charge in [0.05, 0.1) is 38.1 Å². The summed E-state index contributed by atoms with van der Waals surface area (Å²) < 4.78 is 22.9. The van der Waals surface area contributed by atoms with Gasteiger partial charge in [0, 0.05) is 12.0 Å². The van der Waals surface area contributed by atoms with Crippen LogP contribution in [-0.4, -0.2) is 53.6 Å². The minimum Gasteiger partial charge on any atom is -0.504 e. The van der Waals surface area contributed by atoms with E-state index >= 15 is 0 Å². The van der Waals surface area contributed by atoms with E-state index in [1.807, 2.05) is 31.2 Å². The number of benzene rings is 2. The van der Waals surface area contributed by atoms with E-state index < -0.39 is 5.60 Å². The lowest BCUT2D eigenvalue weighted by molar-refractivity contribution is -0.118. The van der Waals surface area contributed by atoms with Crippen LogP contribution in [0.4, 0.5) is 0 Å². The molecule has 3 N–H and O–H groups in total. The highest BCUT2D eigenvalue weighted by molar-refractivity contribution is 8.15. The van der Waals surface area contributed by atoms with Crippen LogP contribution in [0.5, 0.6) is 28.7 Å². The van der Waals surface area contributed by atoms with Crippen molar-refractivity contribution in [3.8, 4) is 28.7 Å². The minimum absolute atomic E-state index is 0.127. The smallest absolute Gasteiger partial charge is 0.239 e. The monoisotopic (exact) mass is 500 g/mol. The Morgan fingerprint density at radius 3 is 2.49 bits per heavy atom. The Morgan fingerprint density at radius 1 is 1.20 bits per heavy atom. The van der Waals surface area contributed by atoms with Crippen molar-refractivity contribution in [1.29, 1.82) is 5.41 Å². The third kappa shape index (κ3) is 4.88. The second kappa shape index (κ2) is 9.69. The van der Waals surface area contributed by atoms with Gasteiger partial charge in [0.25, 0.3) is 0 Å². The van der Waals surface area contributed by atoms with Crippen molar-refractivity contribution in [3.63, 3.8) is 0 Å². The Hall–Kier alpha value is -3.40. The zero-order valence-corrected chi connectivity index (χ0v) is 20.8. The zero-order chi connectivity index (χ0) is 25.3. The molecule has 2 aromatic rings. The third-order valence-corrected chi connectivity index (χ3v) is 7.19. The molecular formula is C25H28N2O7S. The van der Waals surface area contributed by atoms with Gasteiger partial charge in [-0.3, -0.25) is 15.0 Å². The number of phenolic OH excluding ortho intramolecular Hbond substituents is 1. The van der Waals surface area contributed by atoms with E-state index in [1.54, 1.807) is 6.92 Å². The van der Waals surface area contributed by atoms with Gasteiger partial charge in [-0.15, -0.1) is 0 Å². The van der Waals surface area contributed by atoms with E-state index in [-0.39, 0.29) is 51.5 Å². The van der Waals surface area contributed by atoms with E-state index in [0.717, 1.165) is 5.56 Å². The highest BCUT2D eigenvalue weighted by Gasteiger charge is 2.41. The van der Waals surface area contributed by atoms with Crippen LogP contribution in [0.3, 0.4) is 0 Å². The Morgan fingerprint density at radius 2 is 1.89 bits per heavy atom. The first-order chi connectivity index (χ1) is 16.7. The maximum atomic E-state index is 13.0. The number of nitrogens with one attached hydrogen (secondary N) is 2. The number of aromatic hydroxyl groups is 1. The van der Waals surface area contributed by atoms with Gasteiger partial charge in [-0.05, 0) is 38.0 Å². The quantitative estimate of drug-likeness (QED) is 0.502. The van der Waals surface area contributed by atoms with E-state index in [2.05, 4.69) is 5.32 Å². The summed E-state index contributed by atoms with van der Waals surface area (Å²) in [6.45, 7) is 3.80. The van der Waals surface area contributed by atoms with Crippen molar-refractivity contribution in [2.75, 3.05) is 20.8 Å². The number of methoxy groups -OCH3 is 2. The molecule has 0 saturated carbocycles. The van der Waals surface area contributed by atoms with Crippen LogP contribution in [0.2, 0.25) is 0 Å². The normalized spacial score (nSPS) is 21.3. The fraction of sp³-hybridized carbons (Fsp3) is 0.400. The summed E-state index contributed by atoms with van der Waals surface area (Å²) in [5, 5.41) is 20.4. The molecule has 0 aliphatic carbocycles. The standard InChI is InChI=1S/C25H28N2O7S/c1-13-18-16(28)12-25(2,34-20(18)22(32-4)21(31-3)19(13)29)9-10-33-15-7-5-14(6-8-15)11-17-23(30)27-24(26)35-17/h5-8,17,29H,9-12H2,1-4H3,(H2,26,27,30). The molecule has 1 fully saturated rings. The van der Waals surface area contributed by atoms with Gasteiger partial charge in [-0.1, -0.05) is 23.9 Å². The lowest BCUT2D eigenvalue weighted by Gasteiger charge is -2.36. The molecule has 2 heterocycles. The Labute approximate surface area is 207 Å². The highest BCUT2D eigenvalue weighted by Crippen LogP contribution is 2.52. The van der Waals surface area contributed by atoms with E-state index in [9.17, 15) is 14.7 Å². The fourth-order valence-corrected chi connectivity index (χ4v) is 5.20. The van der Waals surface area contributed by atoms with Crippen molar-refractivity contribution in [3.05, 3.63) is 41.0 Å². The van der Waals surface area contributed by atoms with Gasteiger partial charge in [0.2, 0.25) is 17.4 Å². The lowest BCUT2D eigenvalue weighted by Crippen LogP contribution is -2.41. The van der Waals surface area contributed by atoms with Crippen LogP contribution in [0, 0.1) is 12.3 Å². The number of fused-ring (bicyclic) bond motifs is 1. The molecule has 35 heavy (non-hydrogen) atoms. The molecule has 0 spiro atoms. The van der Waals surface area contributed by atoms with Crippen LogP contribution in [0.15, 0.2) is 24.3 Å². The number of amides is 1. The molecule has 2 aromatic carbocycles. The molecule has 186 valence electrons. The number of ketones is 1. The summed E-state index contributed by atoms with van der Waals surface area (Å²) in [7, 11) is 2.85. The number of thioether (sulfide) groups is 1. The molecule has 9 nitrogen and oxygen atoms in total. The largest absolute Gasteiger partial charge is 0.504 e. The maximum Gasteiger partial charge on any atom is 0.239 e. The molecule has 0 aromatic heterocycles. The van der Waals surface area contributed by atoms with E-state index in [1.165, 1.54) is 26.0 Å². The van der Waals surface area contributed by atoms with Crippen LogP contribution in [-0.2, 0) is 11.2 Å². The van der Waals surface area contributed by atoms with Gasteiger partial charge in [-0.2, -0.15) is 0 Å². The highest BCUT2D eigenvalue weighted by atomic mass is 32.2. The van der Waals surface area contributed by atoms with Crippen LogP contribution < -0.4 is 24.3 Å². The van der Waals surface area contributed by atoms with Crippen molar-refractivity contribution in [2.45, 2.75) is 44.0 Å². The van der Waals surface area contributed by atoms with Crippen molar-refractivity contribution in [1.82, 2.24) is 5.32 Å². The van der Waals surface area contributed by atoms with Gasteiger partial charge >= 0.3 is 0 Å². The Bertz CT molecular complexity index is 1180. The van der Waals surface area contributed by atoms with Crippen molar-refractivity contribution >= 4 is 28.6 Å². The molecule has 1 amide bonds. The second-order valence-electron chi connectivity index (χ2n) is 8.77. The molecular weight excluding hydrogens is 472 g/mol. The average Bonchev–Trinajstić information content (AvgIpc) is 3.13. The van der Waals surface area contributed by atoms with Crippen LogP contribution in [0.25, 0.3) is 0 Å². The first-order valence-corrected chi connectivity index (χ1v) is 12.0. The number of rotatable bonds is 8. The summed E-state index contributed by atoms with van der Waals surface area (Å²) in [5.74, 6) is 0.820. The predicted molar refractivity (Wildman–Crippen MR) is 131 cm³/mol. The van der Waals surface area contributed by atoms with Crippen LogP contribution >= 0.6 is 11.8 Å². The lowest BCUT2D eigenvalue weighted by atomic mass is 9.86. The summed E-state index contributed by atoms with van der Waals surface area (Å²) in [5.41, 5.74) is 0.845. The number of amidine groups is 1. The zero-order valence-electron chi connectivity index (χ0n) is 20.0. The summed E-state index contributed by atoms with van der Waals surface area (Å²) in [6, 6.07) is 7.47. The summed E-state index contributed by atoms with van der Waals surface area (Å²) in [6.07, 6.45) is 1.10. The van der Waals surface area contributed by atoms with Gasteiger partial charge in [0.15, 0.2) is 22.4 Å². The van der Waals surface area contributed by atoms with Crippen LogP contribution in [0.1, 0.15) is 41.3 Å². The Kier molecular flexibility index (Phi) is 6.84. The number of hydrogen-bond acceptors (Lipinski definition) is 9. The first-order valence-electron chi connectivity index (χ1n) is 11.1. The maximum absolute atomic E-state index is 13.0. The molecule has 1 saturated heterocycles. The Balaban J connectivity index is 1.41. The molecule has 4 rings (SSSR count). The van der Waals surface area contributed by atoms with E-state index in [0.29, 0.717) is 36.3 Å². The number of carbonyl (C=O) groups is 2. The molecule has 10 heteroatoms. The SMILES string of the molecule is COc1c(O)c(C)c2c(c1OC)OC(C)(CCOc1ccc(CC3SC(=N)NC3=O)cc1)CC2=O. The van der Waals surface area contributed by atoms with Gasteiger partial charge in [-0.25, -0.2) is 0 Å². The number of hydrogen-bond donors (Lipinski definition) is 3. The predicted octanol–water partition coefficient (Wildman–Crippen LogP) is 3.62. The molecule has 2 unspecified atom stereocenters. The second-order valence-corrected chi connectivity index (χ2v) is 9.98.